The number of aryl methyl sites for hydroxylation is 1. The van der Waals surface area contributed by atoms with Gasteiger partial charge in [0.05, 0.1) is 11.9 Å². The third-order valence-electron chi connectivity index (χ3n) is 4.34. The maximum absolute atomic E-state index is 12.9. The van der Waals surface area contributed by atoms with Crippen molar-refractivity contribution in [2.75, 3.05) is 15.9 Å². The van der Waals surface area contributed by atoms with E-state index in [0.29, 0.717) is 16.4 Å². The summed E-state index contributed by atoms with van der Waals surface area (Å²) in [6, 6.07) is 11.5. The molecule has 1 amide bonds. The first-order valence-electron chi connectivity index (χ1n) is 8.67. The summed E-state index contributed by atoms with van der Waals surface area (Å²) in [5, 5.41) is 3.31. The molecule has 0 bridgehead atoms. The standard InChI is InChI=1S/C20H25ClN2O3S/c1-13(2)17-8-6-7-9-19(17)22-20(24)15(4)23(27(5,25)26)16-11-10-14(3)18(21)12-16/h6-13,15H,1-5H3,(H,22,24)/t15-/m0/s1. The number of halogens is 1. The number of hydrogen-bond donors (Lipinski definition) is 1. The summed E-state index contributed by atoms with van der Waals surface area (Å²) >= 11 is 6.16. The number of hydrogen-bond acceptors (Lipinski definition) is 3. The van der Waals surface area contributed by atoms with E-state index in [1.807, 2.05) is 45.0 Å². The SMILES string of the molecule is Cc1ccc(N([C@@H](C)C(=O)Nc2ccccc2C(C)C)S(C)(=O)=O)cc1Cl. The Balaban J connectivity index is 2.37. The van der Waals surface area contributed by atoms with E-state index in [4.69, 9.17) is 11.6 Å². The van der Waals surface area contributed by atoms with Crippen LogP contribution < -0.4 is 9.62 Å². The molecule has 27 heavy (non-hydrogen) atoms. The Morgan fingerprint density at radius 2 is 1.74 bits per heavy atom. The lowest BCUT2D eigenvalue weighted by atomic mass is 10.0. The summed E-state index contributed by atoms with van der Waals surface area (Å²) in [5.74, 6) is -0.191. The molecule has 0 spiro atoms. The van der Waals surface area contributed by atoms with E-state index in [0.717, 1.165) is 21.7 Å². The van der Waals surface area contributed by atoms with Crippen LogP contribution in [-0.2, 0) is 14.8 Å². The average molecular weight is 409 g/mol. The van der Waals surface area contributed by atoms with Crippen molar-refractivity contribution in [3.8, 4) is 0 Å². The maximum Gasteiger partial charge on any atom is 0.248 e. The Labute approximate surface area is 166 Å². The molecule has 2 aromatic rings. The van der Waals surface area contributed by atoms with Gasteiger partial charge >= 0.3 is 0 Å². The van der Waals surface area contributed by atoms with Gasteiger partial charge < -0.3 is 5.32 Å². The number of carbonyl (C=O) groups is 1. The molecule has 5 nitrogen and oxygen atoms in total. The van der Waals surface area contributed by atoms with Crippen LogP contribution in [-0.4, -0.2) is 26.6 Å². The van der Waals surface area contributed by atoms with Gasteiger partial charge in [-0.05, 0) is 49.1 Å². The highest BCUT2D eigenvalue weighted by atomic mass is 35.5. The van der Waals surface area contributed by atoms with Crippen LogP contribution in [0.5, 0.6) is 0 Å². The van der Waals surface area contributed by atoms with E-state index < -0.39 is 22.0 Å². The van der Waals surface area contributed by atoms with Crippen molar-refractivity contribution in [3.05, 3.63) is 58.6 Å². The third kappa shape index (κ3) is 5.02. The average Bonchev–Trinajstić information content (AvgIpc) is 2.57. The Hall–Kier alpha value is -2.05. The smallest absolute Gasteiger partial charge is 0.248 e. The first kappa shape index (κ1) is 21.3. The van der Waals surface area contributed by atoms with Gasteiger partial charge in [-0.3, -0.25) is 9.10 Å². The van der Waals surface area contributed by atoms with Gasteiger partial charge in [-0.15, -0.1) is 0 Å². The van der Waals surface area contributed by atoms with Crippen molar-refractivity contribution >= 4 is 38.9 Å². The lowest BCUT2D eigenvalue weighted by Gasteiger charge is -2.29. The molecule has 1 atom stereocenters. The highest BCUT2D eigenvalue weighted by molar-refractivity contribution is 7.92. The van der Waals surface area contributed by atoms with Crippen molar-refractivity contribution in [1.29, 1.82) is 0 Å². The first-order valence-corrected chi connectivity index (χ1v) is 10.9. The molecule has 0 aliphatic heterocycles. The van der Waals surface area contributed by atoms with Gasteiger partial charge in [-0.2, -0.15) is 0 Å². The summed E-state index contributed by atoms with van der Waals surface area (Å²) in [4.78, 5) is 12.9. The molecular weight excluding hydrogens is 384 g/mol. The summed E-state index contributed by atoms with van der Waals surface area (Å²) in [7, 11) is -3.70. The van der Waals surface area contributed by atoms with Gasteiger partial charge in [0.1, 0.15) is 6.04 Å². The van der Waals surface area contributed by atoms with E-state index in [-0.39, 0.29) is 5.92 Å². The number of benzene rings is 2. The highest BCUT2D eigenvalue weighted by Crippen LogP contribution is 2.28. The lowest BCUT2D eigenvalue weighted by molar-refractivity contribution is -0.116. The number of nitrogens with zero attached hydrogens (tertiary/aromatic N) is 1. The van der Waals surface area contributed by atoms with Crippen LogP contribution in [0.4, 0.5) is 11.4 Å². The lowest BCUT2D eigenvalue weighted by Crippen LogP contribution is -2.45. The molecule has 0 saturated heterocycles. The molecule has 1 N–H and O–H groups in total. The third-order valence-corrected chi connectivity index (χ3v) is 5.99. The van der Waals surface area contributed by atoms with Gasteiger partial charge in [0.15, 0.2) is 0 Å². The molecule has 0 aliphatic carbocycles. The molecule has 0 fully saturated rings. The molecule has 0 saturated carbocycles. The zero-order chi connectivity index (χ0) is 20.4. The second-order valence-electron chi connectivity index (χ2n) is 6.90. The maximum atomic E-state index is 12.9. The second-order valence-corrected chi connectivity index (χ2v) is 9.17. The number of carbonyl (C=O) groups excluding carboxylic acids is 1. The second kappa shape index (κ2) is 8.31. The van der Waals surface area contributed by atoms with E-state index >= 15 is 0 Å². The molecule has 2 aromatic carbocycles. The van der Waals surface area contributed by atoms with Crippen LogP contribution in [0.3, 0.4) is 0 Å². The number of para-hydroxylation sites is 1. The van der Waals surface area contributed by atoms with Crippen LogP contribution >= 0.6 is 11.6 Å². The largest absolute Gasteiger partial charge is 0.324 e. The topological polar surface area (TPSA) is 66.5 Å². The van der Waals surface area contributed by atoms with Gasteiger partial charge in [-0.25, -0.2) is 8.42 Å². The zero-order valence-electron chi connectivity index (χ0n) is 16.2. The van der Waals surface area contributed by atoms with Crippen LogP contribution in [0.15, 0.2) is 42.5 Å². The van der Waals surface area contributed by atoms with Crippen LogP contribution in [0.25, 0.3) is 0 Å². The number of nitrogens with one attached hydrogen (secondary N) is 1. The van der Waals surface area contributed by atoms with Crippen molar-refractivity contribution in [2.45, 2.75) is 39.7 Å². The molecule has 0 radical (unpaired) electrons. The van der Waals surface area contributed by atoms with Crippen LogP contribution in [0.2, 0.25) is 5.02 Å². The molecule has 146 valence electrons. The predicted octanol–water partition coefficient (Wildman–Crippen LogP) is 4.57. The van der Waals surface area contributed by atoms with Gasteiger partial charge in [0.25, 0.3) is 0 Å². The Kier molecular flexibility index (Phi) is 6.54. The minimum Gasteiger partial charge on any atom is -0.324 e. The number of rotatable bonds is 6. The fourth-order valence-corrected chi connectivity index (χ4v) is 4.22. The van der Waals surface area contributed by atoms with Gasteiger partial charge in [-0.1, -0.05) is 49.7 Å². The minimum atomic E-state index is -3.70. The molecule has 0 unspecified atom stereocenters. The summed E-state index contributed by atoms with van der Waals surface area (Å²) < 4.78 is 25.9. The molecule has 2 rings (SSSR count). The van der Waals surface area contributed by atoms with Crippen molar-refractivity contribution in [3.63, 3.8) is 0 Å². The molecule has 0 aromatic heterocycles. The molecule has 0 aliphatic rings. The van der Waals surface area contributed by atoms with E-state index in [1.54, 1.807) is 25.1 Å². The number of sulfonamides is 1. The van der Waals surface area contributed by atoms with E-state index in [2.05, 4.69) is 5.32 Å². The van der Waals surface area contributed by atoms with Gasteiger partial charge in [0, 0.05) is 10.7 Å². The Morgan fingerprint density at radius 1 is 1.11 bits per heavy atom. The summed E-state index contributed by atoms with van der Waals surface area (Å²) in [5.41, 5.74) is 2.85. The Bertz CT molecular complexity index is 942. The fourth-order valence-electron chi connectivity index (χ4n) is 2.88. The molecule has 7 heteroatoms. The zero-order valence-corrected chi connectivity index (χ0v) is 17.7. The van der Waals surface area contributed by atoms with Crippen molar-refractivity contribution < 1.29 is 13.2 Å². The van der Waals surface area contributed by atoms with Crippen molar-refractivity contribution in [1.82, 2.24) is 0 Å². The number of anilines is 2. The normalized spacial score (nSPS) is 12.7. The van der Waals surface area contributed by atoms with Crippen molar-refractivity contribution in [2.24, 2.45) is 0 Å². The van der Waals surface area contributed by atoms with Gasteiger partial charge in [0.2, 0.25) is 15.9 Å². The van der Waals surface area contributed by atoms with Crippen LogP contribution in [0.1, 0.15) is 37.8 Å². The van der Waals surface area contributed by atoms with E-state index in [9.17, 15) is 13.2 Å². The van der Waals surface area contributed by atoms with Crippen LogP contribution in [0, 0.1) is 6.92 Å². The summed E-state index contributed by atoms with van der Waals surface area (Å²) in [6.45, 7) is 7.45. The minimum absolute atomic E-state index is 0.221. The predicted molar refractivity (Wildman–Crippen MR) is 112 cm³/mol. The number of amides is 1. The highest BCUT2D eigenvalue weighted by Gasteiger charge is 2.29. The van der Waals surface area contributed by atoms with E-state index in [1.165, 1.54) is 0 Å². The summed E-state index contributed by atoms with van der Waals surface area (Å²) in [6.07, 6.45) is 1.08. The monoisotopic (exact) mass is 408 g/mol. The Morgan fingerprint density at radius 3 is 2.30 bits per heavy atom. The molecular formula is C20H25ClN2O3S. The quantitative estimate of drug-likeness (QED) is 0.761. The first-order chi connectivity index (χ1) is 12.5. The fraction of sp³-hybridized carbons (Fsp3) is 0.350. The molecule has 0 heterocycles.